The number of methoxy groups -OCH3 is 1. The third-order valence-corrected chi connectivity index (χ3v) is 4.71. The molecule has 0 aliphatic carbocycles. The van der Waals surface area contributed by atoms with E-state index < -0.39 is 11.9 Å². The average Bonchev–Trinajstić information content (AvgIpc) is 3.25. The van der Waals surface area contributed by atoms with Crippen LogP contribution in [0.2, 0.25) is 0 Å². The second-order valence-corrected chi connectivity index (χ2v) is 7.01. The van der Waals surface area contributed by atoms with Gasteiger partial charge in [0, 0.05) is 5.39 Å². The Morgan fingerprint density at radius 3 is 2.50 bits per heavy atom. The summed E-state index contributed by atoms with van der Waals surface area (Å²) in [7, 11) is 1.48. The van der Waals surface area contributed by atoms with Crippen molar-refractivity contribution in [2.75, 3.05) is 7.11 Å². The van der Waals surface area contributed by atoms with Crippen molar-refractivity contribution in [2.24, 2.45) is 5.10 Å². The summed E-state index contributed by atoms with van der Waals surface area (Å²) in [6.45, 7) is 1.94. The number of amides is 1. The molecule has 3 aromatic carbocycles. The topological polar surface area (TPSA) is 90.1 Å². The lowest BCUT2D eigenvalue weighted by Gasteiger charge is -2.10. The number of carbonyl (C=O) groups is 2. The molecular formula is C25H20N2O5. The van der Waals surface area contributed by atoms with Crippen molar-refractivity contribution in [1.82, 2.24) is 5.43 Å². The highest BCUT2D eigenvalue weighted by Crippen LogP contribution is 2.28. The number of furan rings is 1. The molecule has 1 N–H and O–H groups in total. The van der Waals surface area contributed by atoms with Crippen LogP contribution in [0.15, 0.2) is 82.3 Å². The van der Waals surface area contributed by atoms with Crippen molar-refractivity contribution >= 4 is 29.1 Å². The van der Waals surface area contributed by atoms with E-state index >= 15 is 0 Å². The molecule has 0 radical (unpaired) electrons. The standard InChI is InChI=1S/C25H20N2O5/c1-16-7-10-18(11-8-16)25(29)32-21-12-9-17(13-22(21)30-2)15-26-27-24(28)23-14-19-5-3-4-6-20(19)31-23/h3-15H,1-2H3,(H,27,28)/b26-15-. The second kappa shape index (κ2) is 9.18. The quantitative estimate of drug-likeness (QED) is 0.207. The van der Waals surface area contributed by atoms with Gasteiger partial charge in [-0.2, -0.15) is 5.10 Å². The minimum absolute atomic E-state index is 0.166. The maximum absolute atomic E-state index is 12.4. The number of esters is 1. The van der Waals surface area contributed by atoms with Crippen molar-refractivity contribution in [3.63, 3.8) is 0 Å². The van der Waals surface area contributed by atoms with Crippen LogP contribution in [-0.2, 0) is 0 Å². The van der Waals surface area contributed by atoms with E-state index in [0.29, 0.717) is 22.5 Å². The predicted molar refractivity (Wildman–Crippen MR) is 120 cm³/mol. The molecular weight excluding hydrogens is 408 g/mol. The Morgan fingerprint density at radius 1 is 0.969 bits per heavy atom. The van der Waals surface area contributed by atoms with E-state index in [1.165, 1.54) is 13.3 Å². The fourth-order valence-corrected chi connectivity index (χ4v) is 3.01. The maximum Gasteiger partial charge on any atom is 0.343 e. The second-order valence-electron chi connectivity index (χ2n) is 7.01. The number of hydrogen-bond acceptors (Lipinski definition) is 6. The van der Waals surface area contributed by atoms with E-state index in [1.807, 2.05) is 37.3 Å². The Hall–Kier alpha value is -4.39. The van der Waals surface area contributed by atoms with Gasteiger partial charge in [0.1, 0.15) is 5.58 Å². The van der Waals surface area contributed by atoms with Crippen molar-refractivity contribution in [1.29, 1.82) is 0 Å². The van der Waals surface area contributed by atoms with E-state index in [4.69, 9.17) is 13.9 Å². The van der Waals surface area contributed by atoms with Gasteiger partial charge in [0.05, 0.1) is 18.9 Å². The van der Waals surface area contributed by atoms with Gasteiger partial charge in [0.2, 0.25) is 0 Å². The Labute approximate surface area is 184 Å². The molecule has 0 spiro atoms. The predicted octanol–water partition coefficient (Wildman–Crippen LogP) is 4.73. The van der Waals surface area contributed by atoms with Gasteiger partial charge in [-0.05, 0) is 55.0 Å². The van der Waals surface area contributed by atoms with Crippen LogP contribution in [0, 0.1) is 6.92 Å². The number of benzene rings is 3. The molecule has 4 aromatic rings. The molecule has 0 atom stereocenters. The molecule has 4 rings (SSSR count). The van der Waals surface area contributed by atoms with Crippen LogP contribution >= 0.6 is 0 Å². The number of para-hydroxylation sites is 1. The number of nitrogens with one attached hydrogen (secondary N) is 1. The summed E-state index contributed by atoms with van der Waals surface area (Å²) in [5, 5.41) is 4.80. The molecule has 1 amide bonds. The van der Waals surface area contributed by atoms with Gasteiger partial charge in [-0.15, -0.1) is 0 Å². The zero-order valence-electron chi connectivity index (χ0n) is 17.5. The number of hydrogen-bond donors (Lipinski definition) is 1. The van der Waals surface area contributed by atoms with Gasteiger partial charge in [0.15, 0.2) is 17.3 Å². The summed E-state index contributed by atoms with van der Waals surface area (Å²) in [6.07, 6.45) is 1.45. The van der Waals surface area contributed by atoms with Crippen LogP contribution in [0.4, 0.5) is 0 Å². The first-order valence-electron chi connectivity index (χ1n) is 9.82. The molecule has 0 saturated heterocycles. The van der Waals surface area contributed by atoms with Gasteiger partial charge in [-0.1, -0.05) is 35.9 Å². The highest BCUT2D eigenvalue weighted by molar-refractivity contribution is 5.96. The molecule has 0 aliphatic heterocycles. The number of carbonyl (C=O) groups excluding carboxylic acids is 2. The van der Waals surface area contributed by atoms with Crippen LogP contribution < -0.4 is 14.9 Å². The number of hydrazone groups is 1. The van der Waals surface area contributed by atoms with Crippen LogP contribution in [-0.4, -0.2) is 25.2 Å². The van der Waals surface area contributed by atoms with Crippen LogP contribution in [0.5, 0.6) is 11.5 Å². The van der Waals surface area contributed by atoms with E-state index in [1.54, 1.807) is 42.5 Å². The lowest BCUT2D eigenvalue weighted by Crippen LogP contribution is -2.16. The summed E-state index contributed by atoms with van der Waals surface area (Å²) in [4.78, 5) is 24.6. The smallest absolute Gasteiger partial charge is 0.343 e. The third kappa shape index (κ3) is 4.67. The SMILES string of the molecule is COc1cc(/C=N\NC(=O)c2cc3ccccc3o2)ccc1OC(=O)c1ccc(C)cc1. The molecule has 7 heteroatoms. The van der Waals surface area contributed by atoms with Gasteiger partial charge in [0.25, 0.3) is 0 Å². The van der Waals surface area contributed by atoms with Crippen LogP contribution in [0.1, 0.15) is 32.0 Å². The minimum Gasteiger partial charge on any atom is -0.493 e. The van der Waals surface area contributed by atoms with Crippen molar-refractivity contribution < 1.29 is 23.5 Å². The molecule has 1 heterocycles. The summed E-state index contributed by atoms with van der Waals surface area (Å²) >= 11 is 0. The Bertz CT molecular complexity index is 1270. The lowest BCUT2D eigenvalue weighted by atomic mass is 10.1. The van der Waals surface area contributed by atoms with Gasteiger partial charge in [-0.3, -0.25) is 4.79 Å². The fraction of sp³-hybridized carbons (Fsp3) is 0.0800. The fourth-order valence-electron chi connectivity index (χ4n) is 3.01. The molecule has 0 bridgehead atoms. The first-order valence-corrected chi connectivity index (χ1v) is 9.82. The van der Waals surface area contributed by atoms with Crippen LogP contribution in [0.25, 0.3) is 11.0 Å². The van der Waals surface area contributed by atoms with E-state index in [-0.39, 0.29) is 11.5 Å². The molecule has 7 nitrogen and oxygen atoms in total. The lowest BCUT2D eigenvalue weighted by molar-refractivity contribution is 0.0729. The number of ether oxygens (including phenoxy) is 2. The van der Waals surface area contributed by atoms with Gasteiger partial charge >= 0.3 is 11.9 Å². The maximum atomic E-state index is 12.4. The highest BCUT2D eigenvalue weighted by atomic mass is 16.6. The number of fused-ring (bicyclic) bond motifs is 1. The Kier molecular flexibility index (Phi) is 5.98. The molecule has 0 fully saturated rings. The molecule has 32 heavy (non-hydrogen) atoms. The summed E-state index contributed by atoms with van der Waals surface area (Å²) < 4.78 is 16.3. The summed E-state index contributed by atoms with van der Waals surface area (Å²) in [6, 6.07) is 21.0. The summed E-state index contributed by atoms with van der Waals surface area (Å²) in [5.74, 6) is -0.144. The van der Waals surface area contributed by atoms with Crippen LogP contribution in [0.3, 0.4) is 0 Å². The molecule has 0 saturated carbocycles. The monoisotopic (exact) mass is 428 g/mol. The molecule has 160 valence electrons. The highest BCUT2D eigenvalue weighted by Gasteiger charge is 2.13. The van der Waals surface area contributed by atoms with E-state index in [0.717, 1.165) is 10.9 Å². The molecule has 0 aliphatic rings. The average molecular weight is 428 g/mol. The first-order chi connectivity index (χ1) is 15.5. The zero-order chi connectivity index (χ0) is 22.5. The summed E-state index contributed by atoms with van der Waals surface area (Å²) in [5.41, 5.74) is 5.19. The first kappa shape index (κ1) is 20.9. The third-order valence-electron chi connectivity index (χ3n) is 4.71. The Balaban J connectivity index is 1.42. The molecule has 1 aromatic heterocycles. The van der Waals surface area contributed by atoms with E-state index in [9.17, 15) is 9.59 Å². The number of nitrogens with zero attached hydrogens (tertiary/aromatic N) is 1. The normalized spacial score (nSPS) is 10.9. The van der Waals surface area contributed by atoms with Crippen molar-refractivity contribution in [2.45, 2.75) is 6.92 Å². The minimum atomic E-state index is -0.484. The molecule has 0 unspecified atom stereocenters. The van der Waals surface area contributed by atoms with Gasteiger partial charge in [-0.25, -0.2) is 10.2 Å². The number of aryl methyl sites for hydroxylation is 1. The Morgan fingerprint density at radius 2 is 1.75 bits per heavy atom. The van der Waals surface area contributed by atoms with E-state index in [2.05, 4.69) is 10.5 Å². The zero-order valence-corrected chi connectivity index (χ0v) is 17.5. The number of rotatable bonds is 6. The van der Waals surface area contributed by atoms with Crippen molar-refractivity contribution in [3.8, 4) is 11.5 Å². The van der Waals surface area contributed by atoms with Crippen molar-refractivity contribution in [3.05, 3.63) is 95.2 Å². The van der Waals surface area contributed by atoms with Gasteiger partial charge < -0.3 is 13.9 Å². The largest absolute Gasteiger partial charge is 0.493 e.